The summed E-state index contributed by atoms with van der Waals surface area (Å²) in [5.41, 5.74) is 0.776. The standard InChI is InChI=1S/C14H13FN2O.ClH/c15-8-1-2-12-9(5-8)13(3-4-17-12)18-14-10-6-16-7-11(10)14;/h1-5,10-11,14,16H,6-7H2;1H. The van der Waals surface area contributed by atoms with Crippen LogP contribution in [0.15, 0.2) is 30.5 Å². The summed E-state index contributed by atoms with van der Waals surface area (Å²) >= 11 is 0. The van der Waals surface area contributed by atoms with Gasteiger partial charge in [0.1, 0.15) is 17.7 Å². The van der Waals surface area contributed by atoms with Gasteiger partial charge in [0.2, 0.25) is 0 Å². The molecule has 1 saturated heterocycles. The molecule has 100 valence electrons. The Kier molecular flexibility index (Phi) is 3.07. The molecule has 2 atom stereocenters. The summed E-state index contributed by atoms with van der Waals surface area (Å²) in [5.74, 6) is 1.75. The van der Waals surface area contributed by atoms with Crippen molar-refractivity contribution < 1.29 is 9.13 Å². The first-order chi connectivity index (χ1) is 8.83. The van der Waals surface area contributed by atoms with Gasteiger partial charge in [-0.3, -0.25) is 4.98 Å². The smallest absolute Gasteiger partial charge is 0.130 e. The quantitative estimate of drug-likeness (QED) is 0.917. The van der Waals surface area contributed by atoms with E-state index in [9.17, 15) is 4.39 Å². The molecule has 1 aromatic heterocycles. The minimum atomic E-state index is -0.252. The highest BCUT2D eigenvalue weighted by Gasteiger charge is 2.55. The highest BCUT2D eigenvalue weighted by molar-refractivity contribution is 5.85. The normalized spacial score (nSPS) is 27.7. The number of nitrogens with zero attached hydrogens (tertiary/aromatic N) is 1. The molecule has 0 amide bonds. The molecule has 19 heavy (non-hydrogen) atoms. The summed E-state index contributed by atoms with van der Waals surface area (Å²) in [7, 11) is 0. The predicted molar refractivity (Wildman–Crippen MR) is 73.2 cm³/mol. The summed E-state index contributed by atoms with van der Waals surface area (Å²) in [6.07, 6.45) is 2.01. The van der Waals surface area contributed by atoms with E-state index in [4.69, 9.17) is 4.74 Å². The molecule has 2 aliphatic rings. The van der Waals surface area contributed by atoms with Gasteiger partial charge >= 0.3 is 0 Å². The number of piperidine rings is 1. The molecule has 1 aliphatic carbocycles. The summed E-state index contributed by atoms with van der Waals surface area (Å²) in [4.78, 5) is 4.22. The molecule has 2 aromatic rings. The molecule has 2 unspecified atom stereocenters. The minimum Gasteiger partial charge on any atom is -0.489 e. The average Bonchev–Trinajstić information content (AvgIpc) is 2.83. The fourth-order valence-corrected chi connectivity index (χ4v) is 2.88. The van der Waals surface area contributed by atoms with Crippen molar-refractivity contribution in [3.05, 3.63) is 36.3 Å². The van der Waals surface area contributed by atoms with Gasteiger partial charge < -0.3 is 10.1 Å². The first kappa shape index (κ1) is 12.6. The van der Waals surface area contributed by atoms with Gasteiger partial charge in [0.15, 0.2) is 0 Å². The van der Waals surface area contributed by atoms with E-state index in [0.717, 1.165) is 29.7 Å². The zero-order chi connectivity index (χ0) is 12.1. The van der Waals surface area contributed by atoms with Crippen molar-refractivity contribution in [1.82, 2.24) is 10.3 Å². The third-order valence-electron chi connectivity index (χ3n) is 3.94. The van der Waals surface area contributed by atoms with Crippen LogP contribution in [0.1, 0.15) is 0 Å². The van der Waals surface area contributed by atoms with Crippen LogP contribution in [0, 0.1) is 17.7 Å². The maximum atomic E-state index is 13.3. The number of ether oxygens (including phenoxy) is 1. The maximum absolute atomic E-state index is 13.3. The van der Waals surface area contributed by atoms with E-state index in [-0.39, 0.29) is 18.2 Å². The van der Waals surface area contributed by atoms with E-state index in [1.807, 2.05) is 6.07 Å². The maximum Gasteiger partial charge on any atom is 0.130 e. The molecule has 2 fully saturated rings. The Bertz CT molecular complexity index is 611. The second-order valence-electron chi connectivity index (χ2n) is 5.04. The lowest BCUT2D eigenvalue weighted by atomic mass is 10.2. The highest BCUT2D eigenvalue weighted by atomic mass is 35.5. The van der Waals surface area contributed by atoms with Crippen molar-refractivity contribution in [2.75, 3.05) is 13.1 Å². The number of halogens is 2. The van der Waals surface area contributed by atoms with Crippen LogP contribution in [0.4, 0.5) is 4.39 Å². The first-order valence-corrected chi connectivity index (χ1v) is 6.24. The average molecular weight is 281 g/mol. The fraction of sp³-hybridized carbons (Fsp3) is 0.357. The first-order valence-electron chi connectivity index (χ1n) is 6.24. The Labute approximate surface area is 116 Å². The summed E-state index contributed by atoms with van der Waals surface area (Å²) in [6, 6.07) is 6.43. The topological polar surface area (TPSA) is 34.1 Å². The largest absolute Gasteiger partial charge is 0.489 e. The molecule has 0 radical (unpaired) electrons. The number of rotatable bonds is 2. The summed E-state index contributed by atoms with van der Waals surface area (Å²) in [6.45, 7) is 2.07. The molecule has 5 heteroatoms. The monoisotopic (exact) mass is 280 g/mol. The number of nitrogens with one attached hydrogen (secondary N) is 1. The number of benzene rings is 1. The SMILES string of the molecule is Cl.Fc1ccc2nccc(OC3C4CNCC43)c2c1. The summed E-state index contributed by atoms with van der Waals surface area (Å²) < 4.78 is 19.3. The molecular formula is C14H14ClFN2O. The number of hydrogen-bond acceptors (Lipinski definition) is 3. The Morgan fingerprint density at radius 3 is 2.79 bits per heavy atom. The third kappa shape index (κ3) is 2.05. The second kappa shape index (κ2) is 4.62. The number of pyridine rings is 1. The van der Waals surface area contributed by atoms with Crippen LogP contribution in [0.5, 0.6) is 5.75 Å². The van der Waals surface area contributed by atoms with E-state index in [0.29, 0.717) is 17.9 Å². The van der Waals surface area contributed by atoms with E-state index < -0.39 is 0 Å². The molecule has 0 spiro atoms. The van der Waals surface area contributed by atoms with E-state index in [1.54, 1.807) is 12.3 Å². The van der Waals surface area contributed by atoms with Gasteiger partial charge in [-0.05, 0) is 24.3 Å². The molecule has 1 N–H and O–H groups in total. The van der Waals surface area contributed by atoms with Crippen molar-refractivity contribution in [2.24, 2.45) is 11.8 Å². The van der Waals surface area contributed by atoms with E-state index in [1.165, 1.54) is 12.1 Å². The Morgan fingerprint density at radius 1 is 1.21 bits per heavy atom. The van der Waals surface area contributed by atoms with Gasteiger partial charge in [-0.1, -0.05) is 0 Å². The van der Waals surface area contributed by atoms with Crippen LogP contribution in [0.25, 0.3) is 10.9 Å². The molecule has 1 aromatic carbocycles. The lowest BCUT2D eigenvalue weighted by Crippen LogP contribution is -2.20. The van der Waals surface area contributed by atoms with Crippen LogP contribution in [0.2, 0.25) is 0 Å². The minimum absolute atomic E-state index is 0. The lowest BCUT2D eigenvalue weighted by molar-refractivity contribution is 0.264. The molecule has 4 rings (SSSR count). The van der Waals surface area contributed by atoms with Gasteiger partial charge in [-0.15, -0.1) is 12.4 Å². The van der Waals surface area contributed by atoms with Crippen molar-refractivity contribution in [3.63, 3.8) is 0 Å². The summed E-state index contributed by atoms with van der Waals surface area (Å²) in [5, 5.41) is 4.09. The molecule has 1 saturated carbocycles. The fourth-order valence-electron chi connectivity index (χ4n) is 2.88. The van der Waals surface area contributed by atoms with Crippen molar-refractivity contribution in [3.8, 4) is 5.75 Å². The van der Waals surface area contributed by atoms with Crippen LogP contribution >= 0.6 is 12.4 Å². The predicted octanol–water partition coefficient (Wildman–Crippen LogP) is 2.39. The molecule has 1 aliphatic heterocycles. The highest BCUT2D eigenvalue weighted by Crippen LogP contribution is 2.45. The van der Waals surface area contributed by atoms with Crippen LogP contribution < -0.4 is 10.1 Å². The molecule has 2 heterocycles. The zero-order valence-electron chi connectivity index (χ0n) is 10.2. The van der Waals surface area contributed by atoms with Crippen molar-refractivity contribution in [2.45, 2.75) is 6.10 Å². The third-order valence-corrected chi connectivity index (χ3v) is 3.94. The van der Waals surface area contributed by atoms with E-state index >= 15 is 0 Å². The van der Waals surface area contributed by atoms with Crippen LogP contribution in [0.3, 0.4) is 0 Å². The molecule has 0 bridgehead atoms. The number of hydrogen-bond donors (Lipinski definition) is 1. The van der Waals surface area contributed by atoms with Crippen LogP contribution in [-0.4, -0.2) is 24.2 Å². The van der Waals surface area contributed by atoms with E-state index in [2.05, 4.69) is 10.3 Å². The molecular weight excluding hydrogens is 267 g/mol. The van der Waals surface area contributed by atoms with Gasteiger partial charge in [0.25, 0.3) is 0 Å². The zero-order valence-corrected chi connectivity index (χ0v) is 11.0. The number of aromatic nitrogens is 1. The van der Waals surface area contributed by atoms with Crippen molar-refractivity contribution >= 4 is 23.3 Å². The van der Waals surface area contributed by atoms with Gasteiger partial charge in [0, 0.05) is 36.5 Å². The van der Waals surface area contributed by atoms with Gasteiger partial charge in [-0.25, -0.2) is 4.39 Å². The van der Waals surface area contributed by atoms with Crippen molar-refractivity contribution in [1.29, 1.82) is 0 Å². The van der Waals surface area contributed by atoms with Crippen LogP contribution in [-0.2, 0) is 0 Å². The van der Waals surface area contributed by atoms with Gasteiger partial charge in [-0.2, -0.15) is 0 Å². The Morgan fingerprint density at radius 2 is 2.00 bits per heavy atom. The molecule has 3 nitrogen and oxygen atoms in total. The lowest BCUT2D eigenvalue weighted by Gasteiger charge is -2.11. The second-order valence-corrected chi connectivity index (χ2v) is 5.04. The number of fused-ring (bicyclic) bond motifs is 2. The Hall–Kier alpha value is -1.39. The Balaban J connectivity index is 0.00000110. The van der Waals surface area contributed by atoms with Gasteiger partial charge in [0.05, 0.1) is 5.52 Å².